The average Bonchev–Trinajstić information content (AvgIpc) is 2.54. The van der Waals surface area contributed by atoms with E-state index in [1.165, 1.54) is 12.8 Å². The van der Waals surface area contributed by atoms with E-state index in [-0.39, 0.29) is 0 Å². The van der Waals surface area contributed by atoms with Crippen molar-refractivity contribution in [2.75, 3.05) is 32.8 Å². The highest BCUT2D eigenvalue weighted by Crippen LogP contribution is 2.28. The van der Waals surface area contributed by atoms with Crippen molar-refractivity contribution >= 4 is 23.2 Å². The van der Waals surface area contributed by atoms with Gasteiger partial charge < -0.3 is 4.74 Å². The van der Waals surface area contributed by atoms with E-state index in [0.717, 1.165) is 45.0 Å². The average molecular weight is 343 g/mol. The minimum atomic E-state index is 0.534. The summed E-state index contributed by atoms with van der Waals surface area (Å²) in [6.07, 6.45) is 2.35. The van der Waals surface area contributed by atoms with E-state index < -0.39 is 0 Å². The fourth-order valence-electron chi connectivity index (χ4n) is 3.53. The predicted molar refractivity (Wildman–Crippen MR) is 91.7 cm³/mol. The molecule has 0 amide bonds. The molecule has 22 heavy (non-hydrogen) atoms. The molecule has 2 fully saturated rings. The minimum Gasteiger partial charge on any atom is -0.381 e. The Kier molecular flexibility index (Phi) is 5.64. The monoisotopic (exact) mass is 342 g/mol. The maximum absolute atomic E-state index is 6.33. The van der Waals surface area contributed by atoms with E-state index in [9.17, 15) is 0 Å². The van der Waals surface area contributed by atoms with Crippen LogP contribution in [0.4, 0.5) is 0 Å². The molecule has 0 unspecified atom stereocenters. The van der Waals surface area contributed by atoms with E-state index in [4.69, 9.17) is 27.9 Å². The largest absolute Gasteiger partial charge is 0.381 e. The molecule has 122 valence electrons. The molecule has 1 aromatic rings. The molecule has 0 saturated carbocycles. The smallest absolute Gasteiger partial charge is 0.0637 e. The Morgan fingerprint density at radius 3 is 2.68 bits per heavy atom. The van der Waals surface area contributed by atoms with Crippen molar-refractivity contribution in [1.29, 1.82) is 0 Å². The molecular formula is C17H24Cl2N2O. The third-order valence-corrected chi connectivity index (χ3v) is 5.77. The van der Waals surface area contributed by atoms with Crippen LogP contribution in [0, 0.1) is 0 Å². The first-order valence-electron chi connectivity index (χ1n) is 8.14. The van der Waals surface area contributed by atoms with Crippen molar-refractivity contribution in [3.8, 4) is 0 Å². The zero-order chi connectivity index (χ0) is 15.5. The van der Waals surface area contributed by atoms with E-state index in [1.54, 1.807) is 0 Å². The van der Waals surface area contributed by atoms with Crippen molar-refractivity contribution in [1.82, 2.24) is 9.80 Å². The molecule has 0 radical (unpaired) electrons. The summed E-state index contributed by atoms with van der Waals surface area (Å²) in [5, 5.41) is 1.34. The van der Waals surface area contributed by atoms with Crippen molar-refractivity contribution in [3.63, 3.8) is 0 Å². The predicted octanol–water partition coefficient (Wildman–Crippen LogP) is 3.68. The highest BCUT2D eigenvalue weighted by atomic mass is 35.5. The summed E-state index contributed by atoms with van der Waals surface area (Å²) < 4.78 is 5.48. The second-order valence-corrected chi connectivity index (χ2v) is 7.16. The summed E-state index contributed by atoms with van der Waals surface area (Å²) in [7, 11) is 0. The van der Waals surface area contributed by atoms with Crippen molar-refractivity contribution in [3.05, 3.63) is 33.8 Å². The van der Waals surface area contributed by atoms with Crippen LogP contribution in [0.5, 0.6) is 0 Å². The number of hydrogen-bond donors (Lipinski definition) is 0. The summed E-state index contributed by atoms with van der Waals surface area (Å²) in [4.78, 5) is 5.15. The topological polar surface area (TPSA) is 15.7 Å². The standard InChI is InChI=1S/C17H24Cl2N2O/c1-13-11-21(15-5-9-22-10-6-15)8-7-20(13)12-14-3-2-4-16(18)17(14)19/h2-4,13,15H,5-12H2,1H3/t13-/m0/s1. The molecule has 0 N–H and O–H groups in total. The van der Waals surface area contributed by atoms with Gasteiger partial charge in [-0.25, -0.2) is 0 Å². The number of rotatable bonds is 3. The zero-order valence-electron chi connectivity index (χ0n) is 13.1. The van der Waals surface area contributed by atoms with Crippen molar-refractivity contribution in [2.24, 2.45) is 0 Å². The van der Waals surface area contributed by atoms with Crippen molar-refractivity contribution in [2.45, 2.75) is 38.4 Å². The van der Waals surface area contributed by atoms with Crippen LogP contribution in [0.2, 0.25) is 10.0 Å². The van der Waals surface area contributed by atoms with Gasteiger partial charge in [0.1, 0.15) is 0 Å². The Bertz CT molecular complexity index is 505. The number of halogens is 2. The van der Waals surface area contributed by atoms with Crippen LogP contribution in [-0.2, 0) is 11.3 Å². The summed E-state index contributed by atoms with van der Waals surface area (Å²) in [6.45, 7) is 8.36. The third-order valence-electron chi connectivity index (χ3n) is 4.91. The Morgan fingerprint density at radius 1 is 1.18 bits per heavy atom. The molecule has 3 rings (SSSR count). The minimum absolute atomic E-state index is 0.534. The van der Waals surface area contributed by atoms with Gasteiger partial charge in [-0.05, 0) is 31.4 Å². The molecule has 0 aliphatic carbocycles. The lowest BCUT2D eigenvalue weighted by Crippen LogP contribution is -2.55. The Balaban J connectivity index is 1.59. The van der Waals surface area contributed by atoms with Crippen molar-refractivity contribution < 1.29 is 4.74 Å². The number of piperazine rings is 1. The van der Waals surface area contributed by atoms with Gasteiger partial charge in [0.25, 0.3) is 0 Å². The first-order valence-corrected chi connectivity index (χ1v) is 8.89. The van der Waals surface area contributed by atoms with E-state index in [0.29, 0.717) is 22.1 Å². The normalized spacial score (nSPS) is 25.5. The Hall–Kier alpha value is -0.320. The van der Waals surface area contributed by atoms with Crippen LogP contribution in [-0.4, -0.2) is 54.7 Å². The molecule has 2 aliphatic rings. The van der Waals surface area contributed by atoms with Gasteiger partial charge in [0.2, 0.25) is 0 Å². The Morgan fingerprint density at radius 2 is 1.95 bits per heavy atom. The van der Waals surface area contributed by atoms with Gasteiger partial charge in [-0.3, -0.25) is 9.80 Å². The van der Waals surface area contributed by atoms with E-state index >= 15 is 0 Å². The van der Waals surface area contributed by atoms with Gasteiger partial charge in [0.05, 0.1) is 10.0 Å². The maximum Gasteiger partial charge on any atom is 0.0637 e. The SMILES string of the molecule is C[C@H]1CN(C2CCOCC2)CCN1Cc1cccc(Cl)c1Cl. The molecule has 1 aromatic carbocycles. The molecule has 2 saturated heterocycles. The fraction of sp³-hybridized carbons (Fsp3) is 0.647. The molecular weight excluding hydrogens is 319 g/mol. The molecule has 2 aliphatic heterocycles. The summed E-state index contributed by atoms with van der Waals surface area (Å²) in [5.74, 6) is 0. The molecule has 3 nitrogen and oxygen atoms in total. The fourth-order valence-corrected chi connectivity index (χ4v) is 3.91. The second-order valence-electron chi connectivity index (χ2n) is 6.37. The maximum atomic E-state index is 6.33. The summed E-state index contributed by atoms with van der Waals surface area (Å²) in [5.41, 5.74) is 1.13. The van der Waals surface area contributed by atoms with E-state index in [2.05, 4.69) is 22.8 Å². The number of nitrogens with zero attached hydrogens (tertiary/aromatic N) is 2. The lowest BCUT2D eigenvalue weighted by atomic mass is 10.0. The zero-order valence-corrected chi connectivity index (χ0v) is 14.6. The lowest BCUT2D eigenvalue weighted by Gasteiger charge is -2.44. The Labute approximate surface area is 143 Å². The van der Waals surface area contributed by atoms with Crippen LogP contribution >= 0.6 is 23.2 Å². The number of hydrogen-bond acceptors (Lipinski definition) is 3. The molecule has 0 aromatic heterocycles. The molecule has 2 heterocycles. The van der Waals surface area contributed by atoms with Crippen LogP contribution in [0.1, 0.15) is 25.3 Å². The van der Waals surface area contributed by atoms with Gasteiger partial charge in [-0.2, -0.15) is 0 Å². The first kappa shape index (κ1) is 16.5. The first-order chi connectivity index (χ1) is 10.6. The van der Waals surface area contributed by atoms with Gasteiger partial charge in [0, 0.05) is 51.5 Å². The summed E-state index contributed by atoms with van der Waals surface area (Å²) in [6, 6.07) is 7.14. The molecule has 1 atom stereocenters. The second kappa shape index (κ2) is 7.50. The van der Waals surface area contributed by atoms with Gasteiger partial charge in [-0.1, -0.05) is 35.3 Å². The molecule has 5 heteroatoms. The van der Waals surface area contributed by atoms with Crippen LogP contribution in [0.25, 0.3) is 0 Å². The summed E-state index contributed by atoms with van der Waals surface area (Å²) >= 11 is 12.4. The van der Waals surface area contributed by atoms with Crippen LogP contribution in [0.3, 0.4) is 0 Å². The molecule has 0 spiro atoms. The van der Waals surface area contributed by atoms with Gasteiger partial charge >= 0.3 is 0 Å². The molecule has 0 bridgehead atoms. The lowest BCUT2D eigenvalue weighted by molar-refractivity contribution is -0.00339. The van der Waals surface area contributed by atoms with Crippen LogP contribution in [0.15, 0.2) is 18.2 Å². The highest BCUT2D eigenvalue weighted by Gasteiger charge is 2.29. The third kappa shape index (κ3) is 3.77. The quantitative estimate of drug-likeness (QED) is 0.833. The number of ether oxygens (including phenoxy) is 1. The van der Waals surface area contributed by atoms with Crippen LogP contribution < -0.4 is 0 Å². The van der Waals surface area contributed by atoms with E-state index in [1.807, 2.05) is 12.1 Å². The number of benzene rings is 1. The van der Waals surface area contributed by atoms with Gasteiger partial charge in [-0.15, -0.1) is 0 Å². The highest BCUT2D eigenvalue weighted by molar-refractivity contribution is 6.42. The van der Waals surface area contributed by atoms with Gasteiger partial charge in [0.15, 0.2) is 0 Å².